The fourth-order valence-electron chi connectivity index (χ4n) is 1.56. The van der Waals surface area contributed by atoms with Gasteiger partial charge >= 0.3 is 0 Å². The second kappa shape index (κ2) is 3.93. The minimum atomic E-state index is -0.309. The van der Waals surface area contributed by atoms with Gasteiger partial charge in [0.2, 0.25) is 0 Å². The predicted octanol–water partition coefficient (Wildman–Crippen LogP) is 3.60. The average Bonchev–Trinajstić information content (AvgIpc) is 2.64. The van der Waals surface area contributed by atoms with E-state index < -0.39 is 0 Å². The molecule has 2 aromatic rings. The lowest BCUT2D eigenvalue weighted by molar-refractivity contribution is 0.0988. The van der Waals surface area contributed by atoms with Crippen LogP contribution in [0.4, 0.5) is 4.39 Å². The second-order valence-electron chi connectivity index (χ2n) is 3.74. The van der Waals surface area contributed by atoms with Crippen LogP contribution in [0.5, 0.6) is 0 Å². The number of aryl methyl sites for hydroxylation is 1. The number of ketones is 1. The highest BCUT2D eigenvalue weighted by Crippen LogP contribution is 2.24. The van der Waals surface area contributed by atoms with E-state index in [1.54, 1.807) is 19.1 Å². The fraction of sp³-hybridized carbons (Fsp3) is 0.154. The summed E-state index contributed by atoms with van der Waals surface area (Å²) in [5.74, 6) is 0.347. The van der Waals surface area contributed by atoms with Gasteiger partial charge in [-0.2, -0.15) is 0 Å². The van der Waals surface area contributed by atoms with Crippen molar-refractivity contribution in [1.82, 2.24) is 0 Å². The molecule has 0 unspecified atom stereocenters. The summed E-state index contributed by atoms with van der Waals surface area (Å²) in [5.41, 5.74) is 1.46. The molecular weight excluding hydrogens is 207 g/mol. The first-order valence-corrected chi connectivity index (χ1v) is 4.94. The Morgan fingerprint density at radius 1 is 1.25 bits per heavy atom. The Morgan fingerprint density at radius 2 is 2.00 bits per heavy atom. The fourth-order valence-corrected chi connectivity index (χ4v) is 1.56. The van der Waals surface area contributed by atoms with Crippen molar-refractivity contribution in [2.75, 3.05) is 0 Å². The second-order valence-corrected chi connectivity index (χ2v) is 3.74. The molecule has 0 aliphatic heterocycles. The number of benzene rings is 1. The molecule has 1 heterocycles. The number of hydrogen-bond donors (Lipinski definition) is 0. The zero-order valence-corrected chi connectivity index (χ0v) is 9.08. The van der Waals surface area contributed by atoms with Crippen LogP contribution in [-0.2, 0) is 0 Å². The quantitative estimate of drug-likeness (QED) is 0.721. The van der Waals surface area contributed by atoms with Crippen LogP contribution in [0.2, 0.25) is 0 Å². The molecule has 2 nitrogen and oxygen atoms in total. The van der Waals surface area contributed by atoms with Crippen molar-refractivity contribution in [3.63, 3.8) is 0 Å². The molecule has 0 aliphatic carbocycles. The summed E-state index contributed by atoms with van der Waals surface area (Å²) in [6.07, 6.45) is 0. The average molecular weight is 218 g/mol. The summed E-state index contributed by atoms with van der Waals surface area (Å²) in [4.78, 5) is 11.1. The van der Waals surface area contributed by atoms with E-state index in [0.29, 0.717) is 11.3 Å². The van der Waals surface area contributed by atoms with Gasteiger partial charge in [-0.1, -0.05) is 0 Å². The molecule has 1 aromatic heterocycles. The van der Waals surface area contributed by atoms with Crippen molar-refractivity contribution in [3.05, 3.63) is 47.5 Å². The van der Waals surface area contributed by atoms with Gasteiger partial charge in [-0.05, 0) is 42.8 Å². The number of hydrogen-bond acceptors (Lipinski definition) is 2. The van der Waals surface area contributed by atoms with Gasteiger partial charge in [0.15, 0.2) is 11.5 Å². The first-order valence-electron chi connectivity index (χ1n) is 4.94. The maximum absolute atomic E-state index is 13.2. The van der Waals surface area contributed by atoms with Crippen LogP contribution in [0, 0.1) is 12.7 Å². The number of halogens is 1. The molecule has 0 atom stereocenters. The van der Waals surface area contributed by atoms with Crippen LogP contribution in [0.15, 0.2) is 34.7 Å². The van der Waals surface area contributed by atoms with Crippen LogP contribution in [0.3, 0.4) is 0 Å². The summed E-state index contributed by atoms with van der Waals surface area (Å²) >= 11 is 0. The smallest absolute Gasteiger partial charge is 0.194 e. The standard InChI is InChI=1S/C13H11FO2/c1-8-5-10(7-11(14)6-8)13-4-3-12(16-13)9(2)15/h3-7H,1-2H3. The van der Waals surface area contributed by atoms with Gasteiger partial charge in [0.1, 0.15) is 11.6 Å². The van der Waals surface area contributed by atoms with Crippen molar-refractivity contribution in [1.29, 1.82) is 0 Å². The highest BCUT2D eigenvalue weighted by Gasteiger charge is 2.09. The highest BCUT2D eigenvalue weighted by molar-refractivity contribution is 5.91. The molecule has 0 saturated heterocycles. The molecule has 0 N–H and O–H groups in total. The van der Waals surface area contributed by atoms with Gasteiger partial charge in [-0.15, -0.1) is 0 Å². The van der Waals surface area contributed by atoms with Crippen LogP contribution in [-0.4, -0.2) is 5.78 Å². The molecule has 0 aliphatic rings. The van der Waals surface area contributed by atoms with E-state index in [1.807, 2.05) is 6.07 Å². The lowest BCUT2D eigenvalue weighted by Crippen LogP contribution is -1.86. The summed E-state index contributed by atoms with van der Waals surface area (Å²) in [7, 11) is 0. The molecule has 0 fully saturated rings. The molecule has 1 aromatic carbocycles. The topological polar surface area (TPSA) is 30.2 Å². The third-order valence-corrected chi connectivity index (χ3v) is 2.28. The Labute approximate surface area is 92.7 Å². The maximum Gasteiger partial charge on any atom is 0.194 e. The Kier molecular flexibility index (Phi) is 2.60. The van der Waals surface area contributed by atoms with Crippen molar-refractivity contribution >= 4 is 5.78 Å². The van der Waals surface area contributed by atoms with Crippen LogP contribution in [0.1, 0.15) is 23.0 Å². The molecule has 0 radical (unpaired) electrons. The zero-order valence-electron chi connectivity index (χ0n) is 9.08. The van der Waals surface area contributed by atoms with Crippen molar-refractivity contribution in [2.24, 2.45) is 0 Å². The molecule has 2 rings (SSSR count). The van der Waals surface area contributed by atoms with E-state index in [0.717, 1.165) is 5.56 Å². The van der Waals surface area contributed by atoms with Gasteiger partial charge in [-0.3, -0.25) is 4.79 Å². The number of carbonyl (C=O) groups is 1. The predicted molar refractivity (Wildman–Crippen MR) is 58.8 cm³/mol. The first-order chi connectivity index (χ1) is 7.56. The molecule has 0 bridgehead atoms. The summed E-state index contributed by atoms with van der Waals surface area (Å²) < 4.78 is 18.5. The van der Waals surface area contributed by atoms with E-state index in [4.69, 9.17) is 4.42 Å². The lowest BCUT2D eigenvalue weighted by Gasteiger charge is -1.99. The summed E-state index contributed by atoms with van der Waals surface area (Å²) in [6.45, 7) is 3.24. The minimum Gasteiger partial charge on any atom is -0.453 e. The monoisotopic (exact) mass is 218 g/mol. The van der Waals surface area contributed by atoms with E-state index in [1.165, 1.54) is 19.1 Å². The molecule has 3 heteroatoms. The van der Waals surface area contributed by atoms with Gasteiger partial charge in [0, 0.05) is 12.5 Å². The molecule has 16 heavy (non-hydrogen) atoms. The van der Waals surface area contributed by atoms with Gasteiger partial charge in [-0.25, -0.2) is 4.39 Å². The number of rotatable bonds is 2. The van der Waals surface area contributed by atoms with Crippen LogP contribution in [0.25, 0.3) is 11.3 Å². The van der Waals surface area contributed by atoms with E-state index >= 15 is 0 Å². The molecule has 82 valence electrons. The lowest BCUT2D eigenvalue weighted by atomic mass is 10.1. The highest BCUT2D eigenvalue weighted by atomic mass is 19.1. The minimum absolute atomic E-state index is 0.139. The van der Waals surface area contributed by atoms with Crippen molar-refractivity contribution in [2.45, 2.75) is 13.8 Å². The normalized spacial score (nSPS) is 10.4. The molecule has 0 spiro atoms. The third-order valence-electron chi connectivity index (χ3n) is 2.28. The molecular formula is C13H11FO2. The van der Waals surface area contributed by atoms with Crippen LogP contribution >= 0.6 is 0 Å². The summed E-state index contributed by atoms with van der Waals surface area (Å²) in [5, 5.41) is 0. The number of Topliss-reactive ketones (excluding diaryl/α,β-unsaturated/α-hetero) is 1. The SMILES string of the molecule is CC(=O)c1ccc(-c2cc(C)cc(F)c2)o1. The largest absolute Gasteiger partial charge is 0.453 e. The van der Waals surface area contributed by atoms with E-state index in [9.17, 15) is 9.18 Å². The number of furan rings is 1. The van der Waals surface area contributed by atoms with E-state index in [-0.39, 0.29) is 17.4 Å². The number of carbonyl (C=O) groups excluding carboxylic acids is 1. The first kappa shape index (κ1) is 10.6. The molecule has 0 saturated carbocycles. The molecule has 0 amide bonds. The van der Waals surface area contributed by atoms with Crippen molar-refractivity contribution in [3.8, 4) is 11.3 Å². The van der Waals surface area contributed by atoms with Gasteiger partial charge < -0.3 is 4.42 Å². The zero-order chi connectivity index (χ0) is 11.7. The Hall–Kier alpha value is -1.90. The third kappa shape index (κ3) is 2.03. The maximum atomic E-state index is 13.2. The Balaban J connectivity index is 2.46. The van der Waals surface area contributed by atoms with Crippen molar-refractivity contribution < 1.29 is 13.6 Å². The Morgan fingerprint density at radius 3 is 2.56 bits per heavy atom. The van der Waals surface area contributed by atoms with Gasteiger partial charge in [0.25, 0.3) is 0 Å². The van der Waals surface area contributed by atoms with Crippen LogP contribution < -0.4 is 0 Å². The summed E-state index contributed by atoms with van der Waals surface area (Å²) in [6, 6.07) is 7.91. The van der Waals surface area contributed by atoms with E-state index in [2.05, 4.69) is 0 Å². The Bertz CT molecular complexity index is 520. The van der Waals surface area contributed by atoms with Gasteiger partial charge in [0.05, 0.1) is 0 Å².